The molecular formula is C17H18O3S. The van der Waals surface area contributed by atoms with Gasteiger partial charge in [-0.15, -0.1) is 11.3 Å². The summed E-state index contributed by atoms with van der Waals surface area (Å²) in [4.78, 5) is 13.9. The molecule has 4 heteroatoms. The Labute approximate surface area is 128 Å². The van der Waals surface area contributed by atoms with Gasteiger partial charge < -0.3 is 9.47 Å². The summed E-state index contributed by atoms with van der Waals surface area (Å²) in [5.74, 6) is 0.811. The van der Waals surface area contributed by atoms with Crippen molar-refractivity contribution in [3.8, 4) is 5.75 Å². The van der Waals surface area contributed by atoms with E-state index in [1.807, 2.05) is 43.3 Å². The number of ketones is 1. The largest absolute Gasteiger partial charge is 0.496 e. The number of benzene rings is 1. The second-order valence-corrected chi connectivity index (χ2v) is 5.90. The number of aryl methyl sites for hydroxylation is 1. The van der Waals surface area contributed by atoms with E-state index in [0.29, 0.717) is 6.61 Å². The first kappa shape index (κ1) is 15.5. The fourth-order valence-corrected chi connectivity index (χ4v) is 2.78. The van der Waals surface area contributed by atoms with E-state index in [2.05, 4.69) is 0 Å². The monoisotopic (exact) mass is 302 g/mol. The maximum atomic E-state index is 12.0. The number of ether oxygens (including phenoxy) is 2. The van der Waals surface area contributed by atoms with Crippen LogP contribution in [0.5, 0.6) is 5.75 Å². The Balaban J connectivity index is 2.17. The molecule has 0 radical (unpaired) electrons. The normalized spacial score (nSPS) is 11.0. The van der Waals surface area contributed by atoms with Gasteiger partial charge in [-0.3, -0.25) is 4.79 Å². The van der Waals surface area contributed by atoms with Gasteiger partial charge in [0, 0.05) is 17.6 Å². The van der Waals surface area contributed by atoms with E-state index in [0.717, 1.165) is 26.6 Å². The van der Waals surface area contributed by atoms with Crippen LogP contribution in [-0.4, -0.2) is 20.0 Å². The highest BCUT2D eigenvalue weighted by atomic mass is 32.1. The van der Waals surface area contributed by atoms with Crippen LogP contribution in [0.25, 0.3) is 6.08 Å². The molecule has 2 aromatic rings. The maximum absolute atomic E-state index is 12.0. The molecule has 0 saturated heterocycles. The predicted octanol–water partition coefficient (Wildman–Crippen LogP) is 4.11. The molecule has 110 valence electrons. The van der Waals surface area contributed by atoms with Crippen molar-refractivity contribution in [2.75, 3.05) is 14.2 Å². The Morgan fingerprint density at radius 2 is 2.05 bits per heavy atom. The minimum atomic E-state index is 0.0252. The fourth-order valence-electron chi connectivity index (χ4n) is 1.99. The minimum Gasteiger partial charge on any atom is -0.496 e. The lowest BCUT2D eigenvalue weighted by atomic mass is 10.1. The molecule has 1 aromatic heterocycles. The number of thiophene rings is 1. The van der Waals surface area contributed by atoms with Crippen molar-refractivity contribution in [1.29, 1.82) is 0 Å². The predicted molar refractivity (Wildman–Crippen MR) is 86.1 cm³/mol. The van der Waals surface area contributed by atoms with Gasteiger partial charge in [0.2, 0.25) is 0 Å². The smallest absolute Gasteiger partial charge is 0.195 e. The summed E-state index contributed by atoms with van der Waals surface area (Å²) >= 11 is 1.51. The van der Waals surface area contributed by atoms with E-state index in [-0.39, 0.29) is 5.78 Å². The third-order valence-electron chi connectivity index (χ3n) is 3.01. The molecule has 0 saturated carbocycles. The van der Waals surface area contributed by atoms with Gasteiger partial charge in [-0.2, -0.15) is 0 Å². The molecule has 0 aliphatic rings. The molecular weight excluding hydrogens is 284 g/mol. The average Bonchev–Trinajstić information content (AvgIpc) is 2.92. The molecule has 0 atom stereocenters. The van der Waals surface area contributed by atoms with Crippen LogP contribution in [0.3, 0.4) is 0 Å². The van der Waals surface area contributed by atoms with Crippen molar-refractivity contribution in [3.63, 3.8) is 0 Å². The van der Waals surface area contributed by atoms with Crippen LogP contribution in [-0.2, 0) is 11.3 Å². The zero-order chi connectivity index (χ0) is 15.2. The third-order valence-corrected chi connectivity index (χ3v) is 4.03. The van der Waals surface area contributed by atoms with Gasteiger partial charge in [-0.1, -0.05) is 12.1 Å². The Hall–Kier alpha value is -1.91. The second-order valence-electron chi connectivity index (χ2n) is 4.61. The maximum Gasteiger partial charge on any atom is 0.195 e. The molecule has 1 heterocycles. The highest BCUT2D eigenvalue weighted by molar-refractivity contribution is 7.14. The SMILES string of the molecule is COCc1cc(C=CC(=O)c2ccc(C)s2)ccc1OC. The lowest BCUT2D eigenvalue weighted by Crippen LogP contribution is -1.95. The molecule has 0 bridgehead atoms. The molecule has 0 spiro atoms. The number of hydrogen-bond donors (Lipinski definition) is 0. The van der Waals surface area contributed by atoms with Crippen LogP contribution in [0.1, 0.15) is 25.7 Å². The van der Waals surface area contributed by atoms with Crippen molar-refractivity contribution in [1.82, 2.24) is 0 Å². The Morgan fingerprint density at radius 3 is 2.67 bits per heavy atom. The second kappa shape index (κ2) is 7.20. The number of hydrogen-bond acceptors (Lipinski definition) is 4. The average molecular weight is 302 g/mol. The minimum absolute atomic E-state index is 0.0252. The molecule has 1 aromatic carbocycles. The van der Waals surface area contributed by atoms with E-state index < -0.39 is 0 Å². The van der Waals surface area contributed by atoms with Gasteiger partial charge in [-0.05, 0) is 42.8 Å². The lowest BCUT2D eigenvalue weighted by Gasteiger charge is -2.08. The van der Waals surface area contributed by atoms with Crippen molar-refractivity contribution < 1.29 is 14.3 Å². The molecule has 0 aliphatic carbocycles. The van der Waals surface area contributed by atoms with E-state index in [1.54, 1.807) is 20.3 Å². The fraction of sp³-hybridized carbons (Fsp3) is 0.235. The van der Waals surface area contributed by atoms with Gasteiger partial charge in [0.15, 0.2) is 5.78 Å². The first-order chi connectivity index (χ1) is 10.1. The number of rotatable bonds is 6. The van der Waals surface area contributed by atoms with Gasteiger partial charge >= 0.3 is 0 Å². The zero-order valence-corrected chi connectivity index (χ0v) is 13.2. The highest BCUT2D eigenvalue weighted by Gasteiger charge is 2.05. The van der Waals surface area contributed by atoms with Crippen LogP contribution in [0.15, 0.2) is 36.4 Å². The summed E-state index contributed by atoms with van der Waals surface area (Å²) in [5.41, 5.74) is 1.91. The van der Waals surface area contributed by atoms with Gasteiger partial charge in [0.1, 0.15) is 5.75 Å². The summed E-state index contributed by atoms with van der Waals surface area (Å²) in [5, 5.41) is 0. The molecule has 0 N–H and O–H groups in total. The number of carbonyl (C=O) groups is 1. The summed E-state index contributed by atoms with van der Waals surface area (Å²) in [7, 11) is 3.28. The quantitative estimate of drug-likeness (QED) is 0.595. The van der Waals surface area contributed by atoms with Gasteiger partial charge in [0.05, 0.1) is 18.6 Å². The molecule has 0 fully saturated rings. The number of allylic oxidation sites excluding steroid dienone is 1. The van der Waals surface area contributed by atoms with Crippen molar-refractivity contribution in [2.45, 2.75) is 13.5 Å². The number of carbonyl (C=O) groups excluding carboxylic acids is 1. The summed E-state index contributed by atoms with van der Waals surface area (Å²) in [6.07, 6.45) is 3.42. The zero-order valence-electron chi connectivity index (χ0n) is 12.4. The van der Waals surface area contributed by atoms with Crippen molar-refractivity contribution in [3.05, 3.63) is 57.3 Å². The van der Waals surface area contributed by atoms with E-state index >= 15 is 0 Å². The van der Waals surface area contributed by atoms with Crippen LogP contribution < -0.4 is 4.74 Å². The van der Waals surface area contributed by atoms with Crippen LogP contribution in [0, 0.1) is 6.92 Å². The van der Waals surface area contributed by atoms with E-state index in [9.17, 15) is 4.79 Å². The Bertz CT molecular complexity index is 656. The molecule has 0 aliphatic heterocycles. The van der Waals surface area contributed by atoms with Crippen molar-refractivity contribution in [2.24, 2.45) is 0 Å². The molecule has 2 rings (SSSR count). The summed E-state index contributed by atoms with van der Waals surface area (Å²) in [6.45, 7) is 2.47. The molecule has 21 heavy (non-hydrogen) atoms. The summed E-state index contributed by atoms with van der Waals surface area (Å²) in [6, 6.07) is 9.58. The Kier molecular flexibility index (Phi) is 5.31. The highest BCUT2D eigenvalue weighted by Crippen LogP contribution is 2.22. The first-order valence-corrected chi connectivity index (χ1v) is 7.40. The molecule has 0 unspecified atom stereocenters. The Morgan fingerprint density at radius 1 is 1.24 bits per heavy atom. The van der Waals surface area contributed by atoms with E-state index in [1.165, 1.54) is 11.3 Å². The van der Waals surface area contributed by atoms with Crippen LogP contribution in [0.4, 0.5) is 0 Å². The molecule has 0 amide bonds. The van der Waals surface area contributed by atoms with Gasteiger partial charge in [-0.25, -0.2) is 0 Å². The first-order valence-electron chi connectivity index (χ1n) is 6.58. The standard InChI is InChI=1S/C17H18O3S/c1-12-4-9-17(21-12)15(18)7-5-13-6-8-16(20-3)14(10-13)11-19-2/h4-10H,11H2,1-3H3. The lowest BCUT2D eigenvalue weighted by molar-refractivity contribution is 0.105. The van der Waals surface area contributed by atoms with E-state index in [4.69, 9.17) is 9.47 Å². The van der Waals surface area contributed by atoms with Crippen LogP contribution >= 0.6 is 11.3 Å². The third kappa shape index (κ3) is 4.03. The molecule has 3 nitrogen and oxygen atoms in total. The topological polar surface area (TPSA) is 35.5 Å². The van der Waals surface area contributed by atoms with Gasteiger partial charge in [0.25, 0.3) is 0 Å². The summed E-state index contributed by atoms with van der Waals surface area (Å²) < 4.78 is 10.4. The number of methoxy groups -OCH3 is 2. The van der Waals surface area contributed by atoms with Crippen molar-refractivity contribution >= 4 is 23.2 Å². The van der Waals surface area contributed by atoms with Crippen LogP contribution in [0.2, 0.25) is 0 Å².